The van der Waals surface area contributed by atoms with Gasteiger partial charge < -0.3 is 10.2 Å². The maximum Gasteiger partial charge on any atom is 0.225 e. The Bertz CT molecular complexity index is 761. The maximum atomic E-state index is 13.2. The normalized spacial score (nSPS) is 21.7. The van der Waals surface area contributed by atoms with Crippen molar-refractivity contribution in [1.29, 1.82) is 0 Å². The highest BCUT2D eigenvalue weighted by Gasteiger charge is 2.41. The van der Waals surface area contributed by atoms with Crippen LogP contribution in [0.5, 0.6) is 0 Å². The van der Waals surface area contributed by atoms with Crippen molar-refractivity contribution in [3.63, 3.8) is 0 Å². The first kappa shape index (κ1) is 16.9. The average Bonchev–Trinajstić information content (AvgIpc) is 2.66. The zero-order valence-corrected chi connectivity index (χ0v) is 14.7. The van der Waals surface area contributed by atoms with Crippen LogP contribution in [-0.4, -0.2) is 29.0 Å². The van der Waals surface area contributed by atoms with Gasteiger partial charge in [0.05, 0.1) is 11.5 Å². The third-order valence-corrected chi connectivity index (χ3v) is 5.59. The van der Waals surface area contributed by atoms with Crippen LogP contribution >= 0.6 is 0 Å². The summed E-state index contributed by atoms with van der Waals surface area (Å²) in [7, 11) is 0. The topological polar surface area (TPSA) is 58.1 Å². The summed E-state index contributed by atoms with van der Waals surface area (Å²) in [5, 5.41) is 3.28. The van der Waals surface area contributed by atoms with E-state index in [2.05, 4.69) is 20.2 Å². The Morgan fingerprint density at radius 3 is 2.54 bits per heavy atom. The van der Waals surface area contributed by atoms with E-state index < -0.39 is 0 Å². The lowest BCUT2D eigenvalue weighted by molar-refractivity contribution is -0.128. The van der Waals surface area contributed by atoms with E-state index in [0.29, 0.717) is 12.5 Å². The Morgan fingerprint density at radius 2 is 1.88 bits per heavy atom. The van der Waals surface area contributed by atoms with Crippen LogP contribution in [0.3, 0.4) is 0 Å². The van der Waals surface area contributed by atoms with Gasteiger partial charge in [0.25, 0.3) is 0 Å². The monoisotopic (exact) mass is 354 g/mol. The zero-order valence-electron chi connectivity index (χ0n) is 14.7. The predicted octanol–water partition coefficient (Wildman–Crippen LogP) is 3.03. The summed E-state index contributed by atoms with van der Waals surface area (Å²) in [4.78, 5) is 23.7. The molecule has 0 spiro atoms. The highest BCUT2D eigenvalue weighted by atomic mass is 19.1. The lowest BCUT2D eigenvalue weighted by atomic mass is 9.71. The Balaban J connectivity index is 1.46. The number of nitrogens with one attached hydrogen (secondary N) is 1. The number of halogens is 1. The van der Waals surface area contributed by atoms with E-state index >= 15 is 0 Å². The standard InChI is InChI=1S/C20H23FN4O/c21-17-7-5-16(6-8-17)20(9-2-10-20)24-18(26)15-4-1-13-25(14-15)19-22-11-3-12-23-19/h3,5-8,11-12,15H,1-2,4,9-10,13-14H2,(H,24,26)/t15-/m1/s1. The van der Waals surface area contributed by atoms with Gasteiger partial charge in [-0.05, 0) is 55.9 Å². The number of carbonyl (C=O) groups is 1. The van der Waals surface area contributed by atoms with E-state index in [1.165, 1.54) is 12.1 Å². The summed E-state index contributed by atoms with van der Waals surface area (Å²) < 4.78 is 13.2. The minimum absolute atomic E-state index is 0.0783. The van der Waals surface area contributed by atoms with Gasteiger partial charge in [-0.1, -0.05) is 12.1 Å². The highest BCUT2D eigenvalue weighted by molar-refractivity contribution is 5.80. The van der Waals surface area contributed by atoms with Crippen molar-refractivity contribution in [3.05, 3.63) is 54.1 Å². The molecule has 4 rings (SSSR count). The molecule has 1 aliphatic heterocycles. The van der Waals surface area contributed by atoms with Gasteiger partial charge in [0.1, 0.15) is 5.82 Å². The summed E-state index contributed by atoms with van der Waals surface area (Å²) in [6.45, 7) is 1.51. The average molecular weight is 354 g/mol. The van der Waals surface area contributed by atoms with Crippen LogP contribution in [0.4, 0.5) is 10.3 Å². The summed E-state index contributed by atoms with van der Waals surface area (Å²) in [6.07, 6.45) is 8.15. The number of amides is 1. The van der Waals surface area contributed by atoms with Crippen LogP contribution in [0.15, 0.2) is 42.7 Å². The zero-order chi connectivity index (χ0) is 18.0. The molecule has 2 aliphatic rings. The van der Waals surface area contributed by atoms with Gasteiger partial charge >= 0.3 is 0 Å². The summed E-state index contributed by atoms with van der Waals surface area (Å²) in [6, 6.07) is 8.31. The number of nitrogens with zero attached hydrogens (tertiary/aromatic N) is 3. The van der Waals surface area contributed by atoms with Gasteiger partial charge in [-0.2, -0.15) is 0 Å². The van der Waals surface area contributed by atoms with Crippen molar-refractivity contribution in [1.82, 2.24) is 15.3 Å². The molecule has 1 aromatic heterocycles. The van der Waals surface area contributed by atoms with Gasteiger partial charge in [0, 0.05) is 25.5 Å². The van der Waals surface area contributed by atoms with Gasteiger partial charge in [0.15, 0.2) is 0 Å². The first-order valence-corrected chi connectivity index (χ1v) is 9.26. The van der Waals surface area contributed by atoms with Gasteiger partial charge in [-0.3, -0.25) is 4.79 Å². The SMILES string of the molecule is O=C(NC1(c2ccc(F)cc2)CCC1)[C@@H]1CCCN(c2ncccn2)C1. The summed E-state index contributed by atoms with van der Waals surface area (Å²) in [5.74, 6) is 0.433. The van der Waals surface area contributed by atoms with E-state index in [9.17, 15) is 9.18 Å². The molecule has 1 saturated heterocycles. The molecule has 1 N–H and O–H groups in total. The molecule has 0 radical (unpaired) electrons. The lowest BCUT2D eigenvalue weighted by Gasteiger charge is -2.44. The summed E-state index contributed by atoms with van der Waals surface area (Å²) >= 11 is 0. The lowest BCUT2D eigenvalue weighted by Crippen LogP contribution is -2.54. The molecule has 2 fully saturated rings. The fourth-order valence-electron chi connectivity index (χ4n) is 3.95. The van der Waals surface area contributed by atoms with Crippen LogP contribution in [0.25, 0.3) is 0 Å². The second kappa shape index (κ2) is 7.02. The van der Waals surface area contributed by atoms with Gasteiger partial charge in [0.2, 0.25) is 11.9 Å². The third-order valence-electron chi connectivity index (χ3n) is 5.59. The van der Waals surface area contributed by atoms with Crippen molar-refractivity contribution in [2.24, 2.45) is 5.92 Å². The molecule has 0 unspecified atom stereocenters. The Hall–Kier alpha value is -2.50. The van der Waals surface area contributed by atoms with E-state index in [1.54, 1.807) is 30.6 Å². The van der Waals surface area contributed by atoms with Gasteiger partial charge in [-0.15, -0.1) is 0 Å². The first-order valence-electron chi connectivity index (χ1n) is 9.26. The van der Waals surface area contributed by atoms with E-state index in [1.807, 2.05) is 0 Å². The number of hydrogen-bond acceptors (Lipinski definition) is 4. The second-order valence-corrected chi connectivity index (χ2v) is 7.27. The number of piperidine rings is 1. The fraction of sp³-hybridized carbons (Fsp3) is 0.450. The maximum absolute atomic E-state index is 13.2. The molecular weight excluding hydrogens is 331 g/mol. The second-order valence-electron chi connectivity index (χ2n) is 7.27. The van der Waals surface area contributed by atoms with Crippen molar-refractivity contribution in [3.8, 4) is 0 Å². The minimum Gasteiger partial charge on any atom is -0.346 e. The largest absolute Gasteiger partial charge is 0.346 e. The molecule has 1 aromatic carbocycles. The smallest absolute Gasteiger partial charge is 0.225 e. The number of aromatic nitrogens is 2. The van der Waals surface area contributed by atoms with Crippen molar-refractivity contribution in [2.45, 2.75) is 37.6 Å². The molecule has 136 valence electrons. The molecule has 1 saturated carbocycles. The van der Waals surface area contributed by atoms with E-state index in [4.69, 9.17) is 0 Å². The predicted molar refractivity (Wildman–Crippen MR) is 97.0 cm³/mol. The van der Waals surface area contributed by atoms with E-state index in [0.717, 1.165) is 44.2 Å². The fourth-order valence-corrected chi connectivity index (χ4v) is 3.95. The van der Waals surface area contributed by atoms with Crippen molar-refractivity contribution < 1.29 is 9.18 Å². The number of anilines is 1. The van der Waals surface area contributed by atoms with Crippen LogP contribution < -0.4 is 10.2 Å². The Morgan fingerprint density at radius 1 is 1.15 bits per heavy atom. The number of carbonyl (C=O) groups excluding carboxylic acids is 1. The Labute approximate surface area is 152 Å². The van der Waals surface area contributed by atoms with Crippen LogP contribution in [-0.2, 0) is 10.3 Å². The number of benzene rings is 1. The highest BCUT2D eigenvalue weighted by Crippen LogP contribution is 2.41. The van der Waals surface area contributed by atoms with E-state index in [-0.39, 0.29) is 23.2 Å². The van der Waals surface area contributed by atoms with Crippen molar-refractivity contribution in [2.75, 3.05) is 18.0 Å². The van der Waals surface area contributed by atoms with Crippen LogP contribution in [0, 0.1) is 11.7 Å². The Kier molecular flexibility index (Phi) is 4.57. The molecule has 1 amide bonds. The molecule has 26 heavy (non-hydrogen) atoms. The molecule has 1 aliphatic carbocycles. The van der Waals surface area contributed by atoms with Crippen LogP contribution in [0.2, 0.25) is 0 Å². The summed E-state index contributed by atoms with van der Waals surface area (Å²) in [5.41, 5.74) is 0.661. The van der Waals surface area contributed by atoms with Crippen molar-refractivity contribution >= 4 is 11.9 Å². The molecule has 2 heterocycles. The van der Waals surface area contributed by atoms with Gasteiger partial charge in [-0.25, -0.2) is 14.4 Å². The molecule has 2 aromatic rings. The molecule has 6 heteroatoms. The molecule has 5 nitrogen and oxygen atoms in total. The molecular formula is C20H23FN4O. The first-order chi connectivity index (χ1) is 12.7. The van der Waals surface area contributed by atoms with Crippen LogP contribution in [0.1, 0.15) is 37.7 Å². The molecule has 1 atom stereocenters. The number of rotatable bonds is 4. The third kappa shape index (κ3) is 3.28. The molecule has 0 bridgehead atoms. The number of hydrogen-bond donors (Lipinski definition) is 1. The minimum atomic E-state index is -0.337. The quantitative estimate of drug-likeness (QED) is 0.917.